The lowest BCUT2D eigenvalue weighted by Gasteiger charge is -2.23. The van der Waals surface area contributed by atoms with Gasteiger partial charge in [0.25, 0.3) is 0 Å². The molecule has 0 radical (unpaired) electrons. The van der Waals surface area contributed by atoms with Crippen molar-refractivity contribution in [3.8, 4) is 11.5 Å². The molecule has 0 aliphatic rings. The molecule has 0 aliphatic heterocycles. The molecule has 19 heavy (non-hydrogen) atoms. The van der Waals surface area contributed by atoms with Crippen LogP contribution in [0.2, 0.25) is 0 Å². The molecule has 0 aromatic heterocycles. The molecule has 1 aromatic carbocycles. The van der Waals surface area contributed by atoms with Crippen molar-refractivity contribution in [1.82, 2.24) is 5.32 Å². The highest BCUT2D eigenvalue weighted by Crippen LogP contribution is 2.24. The fourth-order valence-corrected chi connectivity index (χ4v) is 2.43. The Kier molecular flexibility index (Phi) is 6.71. The number of rotatable bonds is 8. The number of benzene rings is 1. The van der Waals surface area contributed by atoms with Crippen LogP contribution in [0.3, 0.4) is 0 Å². The lowest BCUT2D eigenvalue weighted by Crippen LogP contribution is -2.32. The van der Waals surface area contributed by atoms with Crippen molar-refractivity contribution < 1.29 is 9.47 Å². The summed E-state index contributed by atoms with van der Waals surface area (Å²) in [6, 6.07) is 6.48. The first kappa shape index (κ1) is 15.8. The van der Waals surface area contributed by atoms with E-state index in [9.17, 15) is 0 Å². The molecule has 1 rings (SSSR count). The number of ether oxygens (including phenoxy) is 2. The van der Waals surface area contributed by atoms with E-state index in [-0.39, 0.29) is 0 Å². The minimum Gasteiger partial charge on any atom is -0.497 e. The molecule has 0 spiro atoms. The normalized spacial score (nSPS) is 12.5. The lowest BCUT2D eigenvalue weighted by atomic mass is 9.95. The molecule has 3 heteroatoms. The quantitative estimate of drug-likeness (QED) is 0.778. The average Bonchev–Trinajstić information content (AvgIpc) is 2.46. The van der Waals surface area contributed by atoms with Gasteiger partial charge in [0.2, 0.25) is 0 Å². The van der Waals surface area contributed by atoms with E-state index in [1.165, 1.54) is 18.4 Å². The van der Waals surface area contributed by atoms with E-state index >= 15 is 0 Å². The van der Waals surface area contributed by atoms with Crippen LogP contribution in [-0.2, 0) is 6.54 Å². The highest BCUT2D eigenvalue weighted by atomic mass is 16.5. The van der Waals surface area contributed by atoms with Gasteiger partial charge in [-0.1, -0.05) is 32.8 Å². The number of nitrogens with one attached hydrogen (secondary N) is 1. The van der Waals surface area contributed by atoms with Crippen LogP contribution < -0.4 is 14.8 Å². The van der Waals surface area contributed by atoms with E-state index in [1.807, 2.05) is 12.1 Å². The van der Waals surface area contributed by atoms with Gasteiger partial charge in [-0.15, -0.1) is 0 Å². The zero-order valence-electron chi connectivity index (χ0n) is 12.8. The van der Waals surface area contributed by atoms with Crippen LogP contribution in [0.15, 0.2) is 18.2 Å². The first-order valence-electron chi connectivity index (χ1n) is 7.10. The Labute approximate surface area is 117 Å². The van der Waals surface area contributed by atoms with E-state index in [0.717, 1.165) is 24.0 Å². The van der Waals surface area contributed by atoms with Crippen molar-refractivity contribution in [2.45, 2.75) is 46.2 Å². The topological polar surface area (TPSA) is 30.5 Å². The van der Waals surface area contributed by atoms with E-state index in [4.69, 9.17) is 9.47 Å². The molecular weight excluding hydrogens is 238 g/mol. The summed E-state index contributed by atoms with van der Waals surface area (Å²) >= 11 is 0. The van der Waals surface area contributed by atoms with Gasteiger partial charge < -0.3 is 14.8 Å². The van der Waals surface area contributed by atoms with Crippen molar-refractivity contribution in [2.75, 3.05) is 14.2 Å². The van der Waals surface area contributed by atoms with Gasteiger partial charge in [0.15, 0.2) is 0 Å². The molecule has 108 valence electrons. The summed E-state index contributed by atoms with van der Waals surface area (Å²) in [6.45, 7) is 7.58. The number of hydrogen-bond donors (Lipinski definition) is 1. The lowest BCUT2D eigenvalue weighted by molar-refractivity contribution is 0.347. The second-order valence-corrected chi connectivity index (χ2v) is 4.92. The van der Waals surface area contributed by atoms with Crippen LogP contribution in [0.1, 0.15) is 39.2 Å². The van der Waals surface area contributed by atoms with E-state index < -0.39 is 0 Å². The summed E-state index contributed by atoms with van der Waals surface area (Å²) in [5, 5.41) is 3.59. The average molecular weight is 265 g/mol. The van der Waals surface area contributed by atoms with Gasteiger partial charge in [0.05, 0.1) is 14.2 Å². The van der Waals surface area contributed by atoms with Crippen molar-refractivity contribution in [2.24, 2.45) is 5.92 Å². The summed E-state index contributed by atoms with van der Waals surface area (Å²) in [5.41, 5.74) is 1.17. The third kappa shape index (κ3) is 4.43. The maximum Gasteiger partial charge on any atom is 0.127 e. The zero-order chi connectivity index (χ0) is 14.3. The monoisotopic (exact) mass is 265 g/mol. The van der Waals surface area contributed by atoms with Crippen LogP contribution in [-0.4, -0.2) is 20.3 Å². The Morgan fingerprint density at radius 2 is 1.79 bits per heavy atom. The zero-order valence-corrected chi connectivity index (χ0v) is 12.8. The molecule has 0 amide bonds. The predicted octanol–water partition coefficient (Wildman–Crippen LogP) is 3.62. The molecule has 0 saturated carbocycles. The highest BCUT2D eigenvalue weighted by molar-refractivity contribution is 5.40. The maximum atomic E-state index is 5.41. The third-order valence-corrected chi connectivity index (χ3v) is 3.86. The van der Waals surface area contributed by atoms with Crippen molar-refractivity contribution >= 4 is 0 Å². The van der Waals surface area contributed by atoms with Crippen molar-refractivity contribution in [3.63, 3.8) is 0 Å². The summed E-state index contributed by atoms with van der Waals surface area (Å²) < 4.78 is 10.6. The Bertz CT molecular complexity index is 375. The Balaban J connectivity index is 2.66. The Morgan fingerprint density at radius 3 is 2.32 bits per heavy atom. The summed E-state index contributed by atoms with van der Waals surface area (Å²) in [6.07, 6.45) is 2.43. The van der Waals surface area contributed by atoms with Crippen LogP contribution in [0, 0.1) is 5.92 Å². The fraction of sp³-hybridized carbons (Fsp3) is 0.625. The summed E-state index contributed by atoms with van der Waals surface area (Å²) in [7, 11) is 3.37. The minimum atomic E-state index is 0.516. The molecule has 1 aromatic rings. The van der Waals surface area contributed by atoms with Crippen molar-refractivity contribution in [3.05, 3.63) is 23.8 Å². The highest BCUT2D eigenvalue weighted by Gasteiger charge is 2.13. The van der Waals surface area contributed by atoms with E-state index in [0.29, 0.717) is 6.04 Å². The predicted molar refractivity (Wildman–Crippen MR) is 79.9 cm³/mol. The van der Waals surface area contributed by atoms with Gasteiger partial charge in [0, 0.05) is 24.2 Å². The van der Waals surface area contributed by atoms with Gasteiger partial charge in [-0.2, -0.15) is 0 Å². The smallest absolute Gasteiger partial charge is 0.127 e. The standard InChI is InChI=1S/C16H27NO2/c1-6-13(7-2)12(3)17-11-14-8-9-15(18-4)10-16(14)19-5/h8-10,12-13,17H,6-7,11H2,1-5H3. The van der Waals surface area contributed by atoms with Gasteiger partial charge in [-0.3, -0.25) is 0 Å². The Hall–Kier alpha value is -1.22. The van der Waals surface area contributed by atoms with Gasteiger partial charge in [0.1, 0.15) is 11.5 Å². The number of methoxy groups -OCH3 is 2. The molecule has 3 nitrogen and oxygen atoms in total. The molecule has 0 aliphatic carbocycles. The van der Waals surface area contributed by atoms with Gasteiger partial charge >= 0.3 is 0 Å². The van der Waals surface area contributed by atoms with Crippen LogP contribution >= 0.6 is 0 Å². The summed E-state index contributed by atoms with van der Waals surface area (Å²) in [4.78, 5) is 0. The first-order chi connectivity index (χ1) is 9.15. The van der Waals surface area contributed by atoms with E-state index in [1.54, 1.807) is 14.2 Å². The second kappa shape index (κ2) is 8.05. The largest absolute Gasteiger partial charge is 0.497 e. The van der Waals surface area contributed by atoms with Gasteiger partial charge in [-0.25, -0.2) is 0 Å². The van der Waals surface area contributed by atoms with Crippen LogP contribution in [0.5, 0.6) is 11.5 Å². The molecule has 1 unspecified atom stereocenters. The molecule has 0 fully saturated rings. The molecule has 1 N–H and O–H groups in total. The summed E-state index contributed by atoms with van der Waals surface area (Å²) in [5.74, 6) is 2.43. The first-order valence-corrected chi connectivity index (χ1v) is 7.10. The van der Waals surface area contributed by atoms with Crippen molar-refractivity contribution in [1.29, 1.82) is 0 Å². The molecular formula is C16H27NO2. The van der Waals surface area contributed by atoms with E-state index in [2.05, 4.69) is 32.2 Å². The molecule has 1 atom stereocenters. The van der Waals surface area contributed by atoms with Gasteiger partial charge in [-0.05, 0) is 18.9 Å². The number of hydrogen-bond acceptors (Lipinski definition) is 3. The third-order valence-electron chi connectivity index (χ3n) is 3.86. The fourth-order valence-electron chi connectivity index (χ4n) is 2.43. The molecule has 0 bridgehead atoms. The Morgan fingerprint density at radius 1 is 1.11 bits per heavy atom. The van der Waals surface area contributed by atoms with Crippen LogP contribution in [0.25, 0.3) is 0 Å². The molecule has 0 heterocycles. The minimum absolute atomic E-state index is 0.516. The second-order valence-electron chi connectivity index (χ2n) is 4.92. The molecule has 0 saturated heterocycles. The SMILES string of the molecule is CCC(CC)C(C)NCc1ccc(OC)cc1OC. The van der Waals surface area contributed by atoms with Crippen LogP contribution in [0.4, 0.5) is 0 Å². The maximum absolute atomic E-state index is 5.41.